The molecular formula is C21H22F3N3O3S. The second-order valence-electron chi connectivity index (χ2n) is 6.66. The highest BCUT2D eigenvalue weighted by Crippen LogP contribution is 2.39. The van der Waals surface area contributed by atoms with Gasteiger partial charge in [0, 0.05) is 5.56 Å². The number of unbranched alkanes of at least 4 members (excludes halogenated alkanes) is 1. The maximum absolute atomic E-state index is 13.6. The smallest absolute Gasteiger partial charge is 0.419 e. The Kier molecular flexibility index (Phi) is 7.83. The van der Waals surface area contributed by atoms with Crippen molar-refractivity contribution in [3.05, 3.63) is 59.1 Å². The van der Waals surface area contributed by atoms with Gasteiger partial charge in [0.25, 0.3) is 0 Å². The molecule has 0 saturated carbocycles. The van der Waals surface area contributed by atoms with E-state index in [9.17, 15) is 13.2 Å². The van der Waals surface area contributed by atoms with E-state index < -0.39 is 17.8 Å². The summed E-state index contributed by atoms with van der Waals surface area (Å²) in [5, 5.41) is 17.4. The lowest BCUT2D eigenvalue weighted by Gasteiger charge is -2.15. The van der Waals surface area contributed by atoms with Crippen LogP contribution in [0.4, 0.5) is 13.2 Å². The molecule has 1 aromatic heterocycles. The van der Waals surface area contributed by atoms with Crippen molar-refractivity contribution in [3.63, 3.8) is 0 Å². The summed E-state index contributed by atoms with van der Waals surface area (Å²) in [4.78, 5) is 0. The molecule has 0 saturated heterocycles. The minimum atomic E-state index is -4.59. The van der Waals surface area contributed by atoms with Gasteiger partial charge in [-0.05, 0) is 43.2 Å². The molecule has 0 radical (unpaired) electrons. The van der Waals surface area contributed by atoms with Crippen LogP contribution in [0, 0.1) is 0 Å². The normalized spacial score (nSPS) is 12.5. The largest absolute Gasteiger partial charge is 0.494 e. The van der Waals surface area contributed by atoms with Gasteiger partial charge < -0.3 is 20.3 Å². The van der Waals surface area contributed by atoms with Crippen LogP contribution in [0.5, 0.6) is 11.5 Å². The minimum Gasteiger partial charge on any atom is -0.494 e. The number of aromatic nitrogens is 2. The summed E-state index contributed by atoms with van der Waals surface area (Å²) in [6.45, 7) is 0.258. The number of ether oxygens (including phenoxy) is 2. The molecule has 0 amide bonds. The van der Waals surface area contributed by atoms with Crippen molar-refractivity contribution in [2.75, 3.05) is 19.8 Å². The zero-order valence-electron chi connectivity index (χ0n) is 16.5. The molecule has 0 spiro atoms. The fraction of sp³-hybridized carbons (Fsp3) is 0.333. The average molecular weight is 453 g/mol. The molecule has 0 aliphatic heterocycles. The summed E-state index contributed by atoms with van der Waals surface area (Å²) in [6.07, 6.45) is -3.39. The van der Waals surface area contributed by atoms with E-state index in [1.165, 1.54) is 12.1 Å². The van der Waals surface area contributed by atoms with Crippen LogP contribution in [0.25, 0.3) is 10.6 Å². The molecular weight excluding hydrogens is 431 g/mol. The Labute approximate surface area is 181 Å². The zero-order chi connectivity index (χ0) is 22.3. The zero-order valence-corrected chi connectivity index (χ0v) is 17.3. The van der Waals surface area contributed by atoms with Crippen molar-refractivity contribution < 1.29 is 27.8 Å². The van der Waals surface area contributed by atoms with Crippen molar-refractivity contribution in [1.82, 2.24) is 10.2 Å². The molecule has 3 N–H and O–H groups in total. The van der Waals surface area contributed by atoms with E-state index in [1.54, 1.807) is 0 Å². The van der Waals surface area contributed by atoms with Gasteiger partial charge in [-0.3, -0.25) is 0 Å². The van der Waals surface area contributed by atoms with E-state index in [0.717, 1.165) is 23.2 Å². The van der Waals surface area contributed by atoms with E-state index in [0.29, 0.717) is 24.5 Å². The molecule has 10 heteroatoms. The number of hydrogen-bond acceptors (Lipinski definition) is 7. The highest BCUT2D eigenvalue weighted by Gasteiger charge is 2.35. The summed E-state index contributed by atoms with van der Waals surface area (Å²) in [7, 11) is 0. The van der Waals surface area contributed by atoms with Crippen molar-refractivity contribution in [3.8, 4) is 22.1 Å². The van der Waals surface area contributed by atoms with E-state index in [2.05, 4.69) is 10.2 Å². The molecule has 3 aromatic rings. The number of rotatable bonds is 10. The van der Waals surface area contributed by atoms with E-state index in [1.807, 2.05) is 30.3 Å². The highest BCUT2D eigenvalue weighted by atomic mass is 32.1. The number of aliphatic hydroxyl groups is 1. The molecule has 1 heterocycles. The summed E-state index contributed by atoms with van der Waals surface area (Å²) in [6, 6.07) is 12.3. The number of nitrogens with two attached hydrogens (primary N) is 1. The number of nitrogens with zero attached hydrogens (tertiary/aromatic N) is 2. The Morgan fingerprint density at radius 3 is 2.39 bits per heavy atom. The molecule has 31 heavy (non-hydrogen) atoms. The van der Waals surface area contributed by atoms with Gasteiger partial charge in [0.05, 0.1) is 31.4 Å². The quantitative estimate of drug-likeness (QED) is 0.441. The van der Waals surface area contributed by atoms with Crippen molar-refractivity contribution in [1.29, 1.82) is 0 Å². The molecule has 0 aliphatic rings. The first-order valence-electron chi connectivity index (χ1n) is 9.60. The Morgan fingerprint density at radius 2 is 1.71 bits per heavy atom. The van der Waals surface area contributed by atoms with Gasteiger partial charge in [-0.25, -0.2) is 0 Å². The van der Waals surface area contributed by atoms with Crippen LogP contribution >= 0.6 is 11.3 Å². The molecule has 3 rings (SSSR count). The number of alkyl halides is 3. The van der Waals surface area contributed by atoms with Crippen LogP contribution in [0.2, 0.25) is 0 Å². The number of halogens is 3. The first-order valence-corrected chi connectivity index (χ1v) is 10.4. The molecule has 2 aromatic carbocycles. The first-order chi connectivity index (χ1) is 14.9. The Balaban J connectivity index is 1.60. The molecule has 0 fully saturated rings. The van der Waals surface area contributed by atoms with Gasteiger partial charge in [-0.1, -0.05) is 29.5 Å². The number of aliphatic hydroxyl groups excluding tert-OH is 1. The Hall–Kier alpha value is -2.69. The van der Waals surface area contributed by atoms with Crippen LogP contribution in [0.3, 0.4) is 0 Å². The van der Waals surface area contributed by atoms with E-state index in [4.69, 9.17) is 20.3 Å². The molecule has 1 atom stereocenters. The Bertz CT molecular complexity index is 967. The lowest BCUT2D eigenvalue weighted by Crippen LogP contribution is -2.13. The maximum atomic E-state index is 13.6. The van der Waals surface area contributed by atoms with Gasteiger partial charge in [-0.15, -0.1) is 10.2 Å². The van der Waals surface area contributed by atoms with Gasteiger partial charge in [0.1, 0.15) is 21.5 Å². The van der Waals surface area contributed by atoms with Crippen LogP contribution in [-0.4, -0.2) is 35.1 Å². The third-order valence-electron chi connectivity index (χ3n) is 4.29. The van der Waals surface area contributed by atoms with E-state index in [-0.39, 0.29) is 29.5 Å². The van der Waals surface area contributed by atoms with E-state index >= 15 is 0 Å². The van der Waals surface area contributed by atoms with Gasteiger partial charge in [0.15, 0.2) is 0 Å². The van der Waals surface area contributed by atoms with Gasteiger partial charge >= 0.3 is 6.18 Å². The van der Waals surface area contributed by atoms with Gasteiger partial charge in [0.2, 0.25) is 0 Å². The third-order valence-corrected chi connectivity index (χ3v) is 5.40. The van der Waals surface area contributed by atoms with Crippen molar-refractivity contribution >= 4 is 11.3 Å². The second-order valence-corrected chi connectivity index (χ2v) is 7.67. The maximum Gasteiger partial charge on any atom is 0.419 e. The number of hydrogen-bond donors (Lipinski definition) is 2. The Morgan fingerprint density at radius 1 is 1.00 bits per heavy atom. The van der Waals surface area contributed by atoms with Crippen molar-refractivity contribution in [2.45, 2.75) is 25.1 Å². The lowest BCUT2D eigenvalue weighted by molar-refractivity contribution is -0.138. The minimum absolute atomic E-state index is 0.134. The van der Waals surface area contributed by atoms with Crippen LogP contribution in [-0.2, 0) is 6.18 Å². The highest BCUT2D eigenvalue weighted by molar-refractivity contribution is 7.14. The predicted molar refractivity (Wildman–Crippen MR) is 111 cm³/mol. The monoisotopic (exact) mass is 453 g/mol. The molecule has 0 unspecified atom stereocenters. The fourth-order valence-corrected chi connectivity index (χ4v) is 3.51. The van der Waals surface area contributed by atoms with Crippen molar-refractivity contribution in [2.24, 2.45) is 5.73 Å². The summed E-state index contributed by atoms with van der Waals surface area (Å²) in [5.74, 6) is 0.509. The topological polar surface area (TPSA) is 90.5 Å². The molecule has 6 nitrogen and oxygen atoms in total. The standard InChI is InChI=1S/C21H22F3N3O3S/c22-21(23,24)16-12-14(19-26-27-20(31-19)17(25)13-28)8-9-18(16)30-11-5-4-10-29-15-6-2-1-3-7-15/h1-3,6-9,12,17,28H,4-5,10-11,13,25H2/t17-/m0/s1. The summed E-state index contributed by atoms with van der Waals surface area (Å²) in [5.41, 5.74) is 5.05. The summed E-state index contributed by atoms with van der Waals surface area (Å²) < 4.78 is 51.7. The SMILES string of the molecule is N[C@@H](CO)c1nnc(-c2ccc(OCCCCOc3ccccc3)c(C(F)(F)F)c2)s1. The predicted octanol–water partition coefficient (Wildman–Crippen LogP) is 4.45. The lowest BCUT2D eigenvalue weighted by atomic mass is 10.1. The van der Waals surface area contributed by atoms with Crippen LogP contribution in [0.15, 0.2) is 48.5 Å². The summed E-state index contributed by atoms with van der Waals surface area (Å²) >= 11 is 1.04. The number of para-hydroxylation sites is 1. The third kappa shape index (κ3) is 6.39. The van der Waals surface area contributed by atoms with Gasteiger partial charge in [-0.2, -0.15) is 13.2 Å². The number of benzene rings is 2. The van der Waals surface area contributed by atoms with Crippen LogP contribution in [0.1, 0.15) is 29.5 Å². The molecule has 0 aliphatic carbocycles. The molecule has 166 valence electrons. The fourth-order valence-electron chi connectivity index (χ4n) is 2.68. The van der Waals surface area contributed by atoms with Crippen LogP contribution < -0.4 is 15.2 Å². The molecule has 0 bridgehead atoms. The first kappa shape index (κ1) is 23.0. The average Bonchev–Trinajstić information content (AvgIpc) is 3.26. The second kappa shape index (κ2) is 10.6.